The molecular formula is C17H14F3N3O2S. The fourth-order valence-corrected chi connectivity index (χ4v) is 3.05. The number of rotatable bonds is 3. The number of hydrogen-bond donors (Lipinski definition) is 0. The highest BCUT2D eigenvalue weighted by Crippen LogP contribution is 2.34. The number of hydrogen-bond acceptors (Lipinski definition) is 4. The molecule has 0 amide bonds. The lowest BCUT2D eigenvalue weighted by Crippen LogP contribution is -2.08. The van der Waals surface area contributed by atoms with Crippen LogP contribution in [0.15, 0.2) is 53.7 Å². The molecule has 3 aromatic rings. The van der Waals surface area contributed by atoms with E-state index in [1.165, 1.54) is 18.3 Å². The van der Waals surface area contributed by atoms with Gasteiger partial charge in [0.05, 0.1) is 17.6 Å². The van der Waals surface area contributed by atoms with Crippen LogP contribution in [0.5, 0.6) is 0 Å². The molecule has 0 spiro atoms. The molecule has 5 nitrogen and oxygen atoms in total. The van der Waals surface area contributed by atoms with Gasteiger partial charge in [-0.25, -0.2) is 18.1 Å². The van der Waals surface area contributed by atoms with Crippen LogP contribution in [0.25, 0.3) is 16.9 Å². The number of halogens is 3. The molecule has 0 saturated carbocycles. The average molecular weight is 381 g/mol. The zero-order valence-electron chi connectivity index (χ0n) is 13.8. The van der Waals surface area contributed by atoms with Crippen LogP contribution in [0.3, 0.4) is 0 Å². The van der Waals surface area contributed by atoms with E-state index in [1.807, 2.05) is 0 Å². The normalized spacial score (nSPS) is 12.3. The van der Waals surface area contributed by atoms with Crippen LogP contribution in [-0.2, 0) is 16.0 Å². The van der Waals surface area contributed by atoms with Gasteiger partial charge in [0.2, 0.25) is 0 Å². The van der Waals surface area contributed by atoms with Crippen LogP contribution in [-0.4, -0.2) is 29.4 Å². The summed E-state index contributed by atoms with van der Waals surface area (Å²) in [4.78, 5) is 3.82. The summed E-state index contributed by atoms with van der Waals surface area (Å²) in [6.45, 7) is 1.78. The molecule has 3 rings (SSSR count). The molecule has 0 radical (unpaired) electrons. The summed E-state index contributed by atoms with van der Waals surface area (Å²) < 4.78 is 63.6. The quantitative estimate of drug-likeness (QED) is 0.695. The van der Waals surface area contributed by atoms with Crippen molar-refractivity contribution in [3.05, 3.63) is 59.9 Å². The Morgan fingerprint density at radius 1 is 1.08 bits per heavy atom. The average Bonchev–Trinajstić information content (AvgIpc) is 3.00. The topological polar surface area (TPSA) is 64.8 Å². The predicted molar refractivity (Wildman–Crippen MR) is 89.6 cm³/mol. The molecule has 26 heavy (non-hydrogen) atoms. The van der Waals surface area contributed by atoms with Crippen molar-refractivity contribution in [3.63, 3.8) is 0 Å². The maximum absolute atomic E-state index is 13.2. The fourth-order valence-electron chi connectivity index (χ4n) is 2.49. The molecule has 9 heteroatoms. The zero-order chi connectivity index (χ0) is 19.1. The molecular weight excluding hydrogens is 367 g/mol. The largest absolute Gasteiger partial charge is 0.435 e. The van der Waals surface area contributed by atoms with E-state index >= 15 is 0 Å². The lowest BCUT2D eigenvalue weighted by Gasteiger charge is -2.10. The van der Waals surface area contributed by atoms with Crippen LogP contribution >= 0.6 is 0 Å². The van der Waals surface area contributed by atoms with Gasteiger partial charge in [0.15, 0.2) is 20.6 Å². The van der Waals surface area contributed by atoms with Crippen LogP contribution in [0.1, 0.15) is 11.3 Å². The third kappa shape index (κ3) is 3.48. The van der Waals surface area contributed by atoms with Gasteiger partial charge in [-0.2, -0.15) is 18.3 Å². The molecule has 0 unspecified atom stereocenters. The molecule has 0 bridgehead atoms. The molecule has 0 saturated heterocycles. The number of pyridine rings is 1. The second kappa shape index (κ2) is 6.24. The van der Waals surface area contributed by atoms with Gasteiger partial charge < -0.3 is 0 Å². The van der Waals surface area contributed by atoms with Crippen LogP contribution in [0.2, 0.25) is 0 Å². The van der Waals surface area contributed by atoms with Crippen molar-refractivity contribution in [2.75, 3.05) is 6.26 Å². The Morgan fingerprint density at radius 3 is 2.31 bits per heavy atom. The minimum atomic E-state index is -4.61. The Kier molecular flexibility index (Phi) is 4.35. The summed E-state index contributed by atoms with van der Waals surface area (Å²) in [5, 5.41) is 3.50. The van der Waals surface area contributed by atoms with Crippen molar-refractivity contribution >= 4 is 9.84 Å². The van der Waals surface area contributed by atoms with E-state index in [-0.39, 0.29) is 16.4 Å². The Hall–Kier alpha value is -2.68. The smallest absolute Gasteiger partial charge is 0.242 e. The minimum Gasteiger partial charge on any atom is -0.242 e. The molecule has 0 N–H and O–H groups in total. The van der Waals surface area contributed by atoms with E-state index in [0.717, 1.165) is 22.6 Å². The summed E-state index contributed by atoms with van der Waals surface area (Å²) in [5.74, 6) is 0. The van der Waals surface area contributed by atoms with Gasteiger partial charge in [0, 0.05) is 11.8 Å². The van der Waals surface area contributed by atoms with Crippen molar-refractivity contribution in [1.82, 2.24) is 14.8 Å². The van der Waals surface area contributed by atoms with Gasteiger partial charge in [0.1, 0.15) is 0 Å². The van der Waals surface area contributed by atoms with Crippen LogP contribution < -0.4 is 0 Å². The van der Waals surface area contributed by atoms with Crippen molar-refractivity contribution < 1.29 is 21.6 Å². The van der Waals surface area contributed by atoms with Crippen molar-refractivity contribution in [1.29, 1.82) is 0 Å². The molecule has 2 aromatic heterocycles. The van der Waals surface area contributed by atoms with Gasteiger partial charge in [-0.15, -0.1) is 0 Å². The first kappa shape index (κ1) is 18.1. The van der Waals surface area contributed by atoms with Gasteiger partial charge in [-0.3, -0.25) is 0 Å². The van der Waals surface area contributed by atoms with E-state index in [9.17, 15) is 21.6 Å². The first-order valence-corrected chi connectivity index (χ1v) is 9.36. The highest BCUT2D eigenvalue weighted by atomic mass is 32.2. The number of benzene rings is 1. The number of nitrogens with zero attached hydrogens (tertiary/aromatic N) is 3. The Labute approximate surface area is 148 Å². The third-order valence-corrected chi connectivity index (χ3v) is 4.77. The summed E-state index contributed by atoms with van der Waals surface area (Å²) >= 11 is 0. The lowest BCUT2D eigenvalue weighted by atomic mass is 10.1. The summed E-state index contributed by atoms with van der Waals surface area (Å²) in [5.41, 5.74) is 0.796. The number of sulfone groups is 1. The molecule has 1 aromatic carbocycles. The standard InChI is InChI=1S/C17H14F3N3O2S/c1-11-5-3-4-6-13(11)14-9-15(17(18,19)20)22-23(14)12-7-8-16(21-10-12)26(2,24)25/h3-10H,1-2H3. The lowest BCUT2D eigenvalue weighted by molar-refractivity contribution is -0.141. The second-order valence-corrected chi connectivity index (χ2v) is 7.73. The van der Waals surface area contributed by atoms with Gasteiger partial charge >= 0.3 is 6.18 Å². The summed E-state index contributed by atoms with van der Waals surface area (Å²) in [6, 6.07) is 10.6. The molecule has 0 atom stereocenters. The highest BCUT2D eigenvalue weighted by molar-refractivity contribution is 7.90. The van der Waals surface area contributed by atoms with Crippen LogP contribution in [0, 0.1) is 6.92 Å². The van der Waals surface area contributed by atoms with Crippen LogP contribution in [0.4, 0.5) is 13.2 Å². The van der Waals surface area contributed by atoms with Gasteiger partial charge in [-0.1, -0.05) is 24.3 Å². The monoisotopic (exact) mass is 381 g/mol. The first-order valence-electron chi connectivity index (χ1n) is 7.47. The maximum Gasteiger partial charge on any atom is 0.435 e. The number of aryl methyl sites for hydroxylation is 1. The maximum atomic E-state index is 13.2. The van der Waals surface area contributed by atoms with E-state index < -0.39 is 21.7 Å². The van der Waals surface area contributed by atoms with Crippen molar-refractivity contribution in [3.8, 4) is 16.9 Å². The van der Waals surface area contributed by atoms with Gasteiger partial charge in [-0.05, 0) is 30.7 Å². The first-order chi connectivity index (χ1) is 12.1. The Bertz CT molecular complexity index is 1060. The van der Waals surface area contributed by atoms with E-state index in [2.05, 4.69) is 10.1 Å². The fraction of sp³-hybridized carbons (Fsp3) is 0.176. The van der Waals surface area contributed by atoms with Crippen molar-refractivity contribution in [2.45, 2.75) is 18.1 Å². The van der Waals surface area contributed by atoms with E-state index in [0.29, 0.717) is 5.56 Å². The molecule has 0 aliphatic rings. The summed E-state index contributed by atoms with van der Waals surface area (Å²) in [7, 11) is -3.51. The minimum absolute atomic E-state index is 0.165. The van der Waals surface area contributed by atoms with E-state index in [4.69, 9.17) is 0 Å². The Morgan fingerprint density at radius 2 is 1.77 bits per heavy atom. The predicted octanol–water partition coefficient (Wildman–Crippen LogP) is 3.67. The summed E-state index contributed by atoms with van der Waals surface area (Å²) in [6.07, 6.45) is -2.42. The molecule has 136 valence electrons. The van der Waals surface area contributed by atoms with Gasteiger partial charge in [0.25, 0.3) is 0 Å². The number of aromatic nitrogens is 3. The second-order valence-electron chi connectivity index (χ2n) is 5.77. The van der Waals surface area contributed by atoms with Crippen molar-refractivity contribution in [2.24, 2.45) is 0 Å². The molecule has 2 heterocycles. The molecule has 0 fully saturated rings. The molecule has 0 aliphatic heterocycles. The number of alkyl halides is 3. The third-order valence-electron chi connectivity index (χ3n) is 3.77. The molecule has 0 aliphatic carbocycles. The highest BCUT2D eigenvalue weighted by Gasteiger charge is 2.35. The SMILES string of the molecule is Cc1ccccc1-c1cc(C(F)(F)F)nn1-c1ccc(S(C)(=O)=O)nc1. The Balaban J connectivity index is 2.20. The zero-order valence-corrected chi connectivity index (χ0v) is 14.6. The van der Waals surface area contributed by atoms with E-state index in [1.54, 1.807) is 31.2 Å².